The molecule has 1 aliphatic rings. The minimum atomic E-state index is -0.499. The molecular weight excluding hydrogens is 285 g/mol. The van der Waals surface area contributed by atoms with Gasteiger partial charge in [0.2, 0.25) is 6.23 Å². The molecule has 3 nitrogen and oxygen atoms in total. The van der Waals surface area contributed by atoms with Crippen LogP contribution in [0.4, 0.5) is 5.69 Å². The van der Waals surface area contributed by atoms with Crippen molar-refractivity contribution in [1.82, 2.24) is 0 Å². The first kappa shape index (κ1) is 12.3. The molecule has 96 valence electrons. The van der Waals surface area contributed by atoms with Gasteiger partial charge in [0.15, 0.2) is 0 Å². The molecule has 3 rings (SSSR count). The molecule has 1 aliphatic heterocycles. The zero-order valence-electron chi connectivity index (χ0n) is 9.69. The van der Waals surface area contributed by atoms with Gasteiger partial charge in [-0.25, -0.2) is 4.79 Å². The van der Waals surface area contributed by atoms with E-state index in [0.717, 1.165) is 11.3 Å². The van der Waals surface area contributed by atoms with Crippen molar-refractivity contribution in [3.8, 4) is 0 Å². The number of benzene rings is 2. The first-order valence-electron chi connectivity index (χ1n) is 5.66. The first-order valence-corrected chi connectivity index (χ1v) is 6.42. The third-order valence-corrected chi connectivity index (χ3v) is 3.64. The summed E-state index contributed by atoms with van der Waals surface area (Å²) < 4.78 is 5.28. The van der Waals surface area contributed by atoms with Crippen molar-refractivity contribution >= 4 is 34.9 Å². The fourth-order valence-corrected chi connectivity index (χ4v) is 2.29. The van der Waals surface area contributed by atoms with Crippen LogP contribution in [0.1, 0.15) is 22.1 Å². The average Bonchev–Trinajstić information content (AvgIpc) is 2.72. The molecule has 0 aromatic heterocycles. The number of halogens is 2. The summed E-state index contributed by atoms with van der Waals surface area (Å²) in [4.78, 5) is 11.7. The summed E-state index contributed by atoms with van der Waals surface area (Å²) in [6.45, 7) is 0. The van der Waals surface area contributed by atoms with Crippen LogP contribution in [0, 0.1) is 0 Å². The molecule has 0 spiro atoms. The largest absolute Gasteiger partial charge is 0.434 e. The van der Waals surface area contributed by atoms with Crippen molar-refractivity contribution in [1.29, 1.82) is 0 Å². The van der Waals surface area contributed by atoms with E-state index in [9.17, 15) is 4.79 Å². The van der Waals surface area contributed by atoms with E-state index in [4.69, 9.17) is 27.9 Å². The number of anilines is 1. The highest BCUT2D eigenvalue weighted by molar-refractivity contribution is 6.42. The molecular formula is C14H9Cl2NO2. The number of cyclic esters (lactones) is 1. The number of nitrogens with one attached hydrogen (secondary N) is 1. The standard InChI is InChI=1S/C14H9Cl2NO2/c15-11-6-5-8(7-12(11)16)17-13-9-3-1-2-4-10(9)14(18)19-13/h1-7,13,17H/t13-/m0/s1. The molecule has 0 saturated carbocycles. The number of rotatable bonds is 2. The number of carbonyl (C=O) groups excluding carboxylic acids is 1. The predicted molar refractivity (Wildman–Crippen MR) is 74.7 cm³/mol. The number of hydrogen-bond donors (Lipinski definition) is 1. The zero-order valence-corrected chi connectivity index (χ0v) is 11.2. The highest BCUT2D eigenvalue weighted by atomic mass is 35.5. The Kier molecular flexibility index (Phi) is 3.09. The number of ether oxygens (including phenoxy) is 1. The molecule has 2 aromatic carbocycles. The second-order valence-corrected chi connectivity index (χ2v) is 4.96. The molecule has 0 unspecified atom stereocenters. The fraction of sp³-hybridized carbons (Fsp3) is 0.0714. The maximum Gasteiger partial charge on any atom is 0.340 e. The lowest BCUT2D eigenvalue weighted by atomic mass is 10.1. The Labute approximate surface area is 120 Å². The molecule has 1 heterocycles. The molecule has 1 N–H and O–H groups in total. The van der Waals surface area contributed by atoms with Crippen LogP contribution in [0.25, 0.3) is 0 Å². The third-order valence-electron chi connectivity index (χ3n) is 2.91. The topological polar surface area (TPSA) is 38.3 Å². The van der Waals surface area contributed by atoms with Gasteiger partial charge in [-0.3, -0.25) is 0 Å². The Balaban J connectivity index is 1.89. The molecule has 0 radical (unpaired) electrons. The number of hydrogen-bond acceptors (Lipinski definition) is 3. The summed E-state index contributed by atoms with van der Waals surface area (Å²) in [6.07, 6.45) is -0.499. The maximum absolute atomic E-state index is 11.7. The lowest BCUT2D eigenvalue weighted by molar-refractivity contribution is 0.0437. The van der Waals surface area contributed by atoms with Crippen LogP contribution in [-0.4, -0.2) is 5.97 Å². The normalized spacial score (nSPS) is 16.9. The van der Waals surface area contributed by atoms with Crippen LogP contribution in [0.2, 0.25) is 10.0 Å². The van der Waals surface area contributed by atoms with E-state index in [1.54, 1.807) is 24.3 Å². The Hall–Kier alpha value is -1.71. The second-order valence-electron chi connectivity index (χ2n) is 4.15. The molecule has 19 heavy (non-hydrogen) atoms. The van der Waals surface area contributed by atoms with Crippen molar-refractivity contribution in [2.75, 3.05) is 5.32 Å². The summed E-state index contributed by atoms with van der Waals surface area (Å²) in [6, 6.07) is 12.4. The molecule has 0 aliphatic carbocycles. The van der Waals surface area contributed by atoms with Gasteiger partial charge < -0.3 is 10.1 Å². The van der Waals surface area contributed by atoms with Crippen LogP contribution < -0.4 is 5.32 Å². The minimum absolute atomic E-state index is 0.326. The molecule has 0 fully saturated rings. The van der Waals surface area contributed by atoms with Crippen molar-refractivity contribution in [2.45, 2.75) is 6.23 Å². The first-order chi connectivity index (χ1) is 9.15. The van der Waals surface area contributed by atoms with Gasteiger partial charge in [-0.15, -0.1) is 0 Å². The highest BCUT2D eigenvalue weighted by Gasteiger charge is 2.30. The van der Waals surface area contributed by atoms with Crippen molar-refractivity contribution in [3.05, 3.63) is 63.6 Å². The number of esters is 1. The number of carbonyl (C=O) groups is 1. The number of fused-ring (bicyclic) bond motifs is 1. The van der Waals surface area contributed by atoms with Gasteiger partial charge in [-0.1, -0.05) is 41.4 Å². The Morgan fingerprint density at radius 2 is 1.84 bits per heavy atom. The third kappa shape index (κ3) is 2.27. The summed E-state index contributed by atoms with van der Waals surface area (Å²) >= 11 is 11.8. The summed E-state index contributed by atoms with van der Waals surface area (Å²) in [5.74, 6) is -0.326. The lowest BCUT2D eigenvalue weighted by Crippen LogP contribution is -2.10. The minimum Gasteiger partial charge on any atom is -0.434 e. The van der Waals surface area contributed by atoms with Crippen LogP contribution in [-0.2, 0) is 4.74 Å². The fourth-order valence-electron chi connectivity index (χ4n) is 1.99. The van der Waals surface area contributed by atoms with Gasteiger partial charge in [-0.05, 0) is 24.3 Å². The maximum atomic E-state index is 11.7. The van der Waals surface area contributed by atoms with E-state index in [-0.39, 0.29) is 5.97 Å². The molecule has 2 aromatic rings. The van der Waals surface area contributed by atoms with Gasteiger partial charge in [0, 0.05) is 11.3 Å². The monoisotopic (exact) mass is 293 g/mol. The summed E-state index contributed by atoms with van der Waals surface area (Å²) in [5.41, 5.74) is 2.14. The van der Waals surface area contributed by atoms with E-state index in [1.807, 2.05) is 18.2 Å². The highest BCUT2D eigenvalue weighted by Crippen LogP contribution is 2.33. The van der Waals surface area contributed by atoms with Crippen LogP contribution in [0.5, 0.6) is 0 Å². The lowest BCUT2D eigenvalue weighted by Gasteiger charge is -2.14. The predicted octanol–water partition coefficient (Wildman–Crippen LogP) is 4.27. The van der Waals surface area contributed by atoms with Gasteiger partial charge in [0.1, 0.15) is 0 Å². The second kappa shape index (κ2) is 4.76. The molecule has 1 atom stereocenters. The van der Waals surface area contributed by atoms with Crippen LogP contribution >= 0.6 is 23.2 Å². The van der Waals surface area contributed by atoms with Crippen molar-refractivity contribution < 1.29 is 9.53 Å². The Bertz CT molecular complexity index is 658. The van der Waals surface area contributed by atoms with Gasteiger partial charge in [-0.2, -0.15) is 0 Å². The molecule has 0 amide bonds. The molecule has 5 heteroatoms. The van der Waals surface area contributed by atoms with Gasteiger partial charge in [0.25, 0.3) is 0 Å². The average molecular weight is 294 g/mol. The van der Waals surface area contributed by atoms with Crippen molar-refractivity contribution in [2.24, 2.45) is 0 Å². The van der Waals surface area contributed by atoms with Crippen LogP contribution in [0.3, 0.4) is 0 Å². The Morgan fingerprint density at radius 1 is 1.05 bits per heavy atom. The van der Waals surface area contributed by atoms with E-state index in [1.165, 1.54) is 0 Å². The quantitative estimate of drug-likeness (QED) is 0.840. The van der Waals surface area contributed by atoms with E-state index in [2.05, 4.69) is 5.32 Å². The van der Waals surface area contributed by atoms with Gasteiger partial charge in [0.05, 0.1) is 15.6 Å². The zero-order chi connectivity index (χ0) is 13.4. The molecule has 0 bridgehead atoms. The van der Waals surface area contributed by atoms with Crippen molar-refractivity contribution in [3.63, 3.8) is 0 Å². The summed E-state index contributed by atoms with van der Waals surface area (Å²) in [5, 5.41) is 4.04. The molecule has 0 saturated heterocycles. The van der Waals surface area contributed by atoms with E-state index < -0.39 is 6.23 Å². The van der Waals surface area contributed by atoms with Crippen LogP contribution in [0.15, 0.2) is 42.5 Å². The van der Waals surface area contributed by atoms with E-state index >= 15 is 0 Å². The Morgan fingerprint density at radius 3 is 2.63 bits per heavy atom. The SMILES string of the molecule is O=C1O[C@H](Nc2ccc(Cl)c(Cl)c2)c2ccccc21. The van der Waals surface area contributed by atoms with E-state index in [0.29, 0.717) is 15.6 Å². The van der Waals surface area contributed by atoms with Gasteiger partial charge >= 0.3 is 5.97 Å². The smallest absolute Gasteiger partial charge is 0.340 e. The summed E-state index contributed by atoms with van der Waals surface area (Å²) in [7, 11) is 0.